The Bertz CT molecular complexity index is 819. The van der Waals surface area contributed by atoms with Crippen LogP contribution >= 0.6 is 15.9 Å². The van der Waals surface area contributed by atoms with Crippen LogP contribution in [0.5, 0.6) is 0 Å². The Hall–Kier alpha value is -2.07. The summed E-state index contributed by atoms with van der Waals surface area (Å²) in [5.41, 5.74) is 4.83. The molecule has 0 saturated carbocycles. The van der Waals surface area contributed by atoms with Crippen molar-refractivity contribution in [1.82, 2.24) is 4.98 Å². The van der Waals surface area contributed by atoms with Crippen molar-refractivity contribution in [2.75, 3.05) is 0 Å². The largest absolute Gasteiger partial charge is 0.481 e. The van der Waals surface area contributed by atoms with Gasteiger partial charge in [-0.05, 0) is 36.2 Å². The van der Waals surface area contributed by atoms with Gasteiger partial charge in [0.1, 0.15) is 0 Å². The zero-order valence-corrected chi connectivity index (χ0v) is 13.1. The minimum Gasteiger partial charge on any atom is -0.481 e. The quantitative estimate of drug-likeness (QED) is 0.733. The molecule has 1 heterocycles. The third-order valence-corrected chi connectivity index (χ3v) is 4.03. The average molecular weight is 344 g/mol. The summed E-state index contributed by atoms with van der Waals surface area (Å²) >= 11 is 3.45. The van der Waals surface area contributed by atoms with E-state index in [0.29, 0.717) is 0 Å². The maximum absolute atomic E-state index is 11.2. The molecule has 2 aromatic carbocycles. The monoisotopic (exact) mass is 343 g/mol. The first-order valence-electron chi connectivity index (χ1n) is 6.63. The standard InChI is InChI=1S/C17H14BrNO2/c1-10-2-4-11(5-3-10)17-14(9-16(20)21)13-8-12(18)6-7-15(13)19-17/h2-8,19H,9H2,1H3,(H,20,21). The van der Waals surface area contributed by atoms with Crippen LogP contribution in [0, 0.1) is 6.92 Å². The number of rotatable bonds is 3. The molecule has 0 bridgehead atoms. The number of aliphatic carboxylic acids is 1. The van der Waals surface area contributed by atoms with Gasteiger partial charge in [-0.2, -0.15) is 0 Å². The summed E-state index contributed by atoms with van der Waals surface area (Å²) < 4.78 is 0.941. The van der Waals surface area contributed by atoms with Gasteiger partial charge in [0.15, 0.2) is 0 Å². The van der Waals surface area contributed by atoms with Crippen molar-refractivity contribution in [3.05, 3.63) is 58.1 Å². The summed E-state index contributed by atoms with van der Waals surface area (Å²) in [6, 6.07) is 14.0. The van der Waals surface area contributed by atoms with Gasteiger partial charge >= 0.3 is 5.97 Å². The second kappa shape index (κ2) is 5.37. The van der Waals surface area contributed by atoms with Gasteiger partial charge in [0, 0.05) is 15.4 Å². The van der Waals surface area contributed by atoms with Crippen molar-refractivity contribution in [3.63, 3.8) is 0 Å². The lowest BCUT2D eigenvalue weighted by molar-refractivity contribution is -0.136. The van der Waals surface area contributed by atoms with Crippen molar-refractivity contribution in [1.29, 1.82) is 0 Å². The smallest absolute Gasteiger partial charge is 0.307 e. The Kier molecular flexibility index (Phi) is 3.55. The number of aryl methyl sites for hydroxylation is 1. The highest BCUT2D eigenvalue weighted by molar-refractivity contribution is 9.10. The van der Waals surface area contributed by atoms with Gasteiger partial charge in [-0.3, -0.25) is 4.79 Å². The van der Waals surface area contributed by atoms with Crippen LogP contribution in [0.4, 0.5) is 0 Å². The molecule has 0 radical (unpaired) electrons. The van der Waals surface area contributed by atoms with E-state index in [2.05, 4.69) is 20.9 Å². The highest BCUT2D eigenvalue weighted by Crippen LogP contribution is 2.32. The van der Waals surface area contributed by atoms with E-state index in [0.717, 1.165) is 32.2 Å². The average Bonchev–Trinajstić information content (AvgIpc) is 2.77. The molecule has 4 heteroatoms. The van der Waals surface area contributed by atoms with Crippen molar-refractivity contribution >= 4 is 32.8 Å². The fourth-order valence-corrected chi connectivity index (χ4v) is 2.88. The Balaban J connectivity index is 2.25. The van der Waals surface area contributed by atoms with Crippen LogP contribution in [0.1, 0.15) is 11.1 Å². The van der Waals surface area contributed by atoms with Crippen LogP contribution in [0.15, 0.2) is 46.9 Å². The molecule has 3 aromatic rings. The number of carboxylic acid groups (broad SMARTS) is 1. The third kappa shape index (κ3) is 2.72. The number of hydrogen-bond acceptors (Lipinski definition) is 1. The van der Waals surface area contributed by atoms with Crippen LogP contribution in [-0.4, -0.2) is 16.1 Å². The number of nitrogens with one attached hydrogen (secondary N) is 1. The minimum atomic E-state index is -0.829. The normalized spacial score (nSPS) is 11.0. The number of fused-ring (bicyclic) bond motifs is 1. The van der Waals surface area contributed by atoms with E-state index in [1.165, 1.54) is 5.56 Å². The number of carbonyl (C=O) groups is 1. The second-order valence-corrected chi connectivity index (χ2v) is 6.02. The lowest BCUT2D eigenvalue weighted by Gasteiger charge is -2.03. The molecule has 0 amide bonds. The first kappa shape index (κ1) is 13.9. The molecule has 0 saturated heterocycles. The van der Waals surface area contributed by atoms with Crippen LogP contribution < -0.4 is 0 Å². The molecule has 2 N–H and O–H groups in total. The highest BCUT2D eigenvalue weighted by Gasteiger charge is 2.16. The lowest BCUT2D eigenvalue weighted by atomic mass is 10.0. The van der Waals surface area contributed by atoms with Gasteiger partial charge in [0.25, 0.3) is 0 Å². The number of H-pyrrole nitrogens is 1. The van der Waals surface area contributed by atoms with Crippen LogP contribution in [0.25, 0.3) is 22.2 Å². The summed E-state index contributed by atoms with van der Waals surface area (Å²) in [5, 5.41) is 10.2. The number of halogens is 1. The number of carboxylic acids is 1. The molecule has 0 unspecified atom stereocenters. The lowest BCUT2D eigenvalue weighted by Crippen LogP contribution is -2.00. The maximum Gasteiger partial charge on any atom is 0.307 e. The molecular formula is C17H14BrNO2. The second-order valence-electron chi connectivity index (χ2n) is 5.10. The van der Waals surface area contributed by atoms with E-state index in [1.807, 2.05) is 49.4 Å². The number of aromatic nitrogens is 1. The van der Waals surface area contributed by atoms with Crippen LogP contribution in [-0.2, 0) is 11.2 Å². The number of hydrogen-bond donors (Lipinski definition) is 2. The Labute approximate surface area is 130 Å². The zero-order valence-electron chi connectivity index (χ0n) is 11.5. The third-order valence-electron chi connectivity index (χ3n) is 3.54. The SMILES string of the molecule is Cc1ccc(-c2[nH]c3ccc(Br)cc3c2CC(=O)O)cc1. The molecule has 106 valence electrons. The summed E-state index contributed by atoms with van der Waals surface area (Å²) in [6.07, 6.45) is -0.000334. The van der Waals surface area contributed by atoms with E-state index >= 15 is 0 Å². The molecule has 0 fully saturated rings. The fraction of sp³-hybridized carbons (Fsp3) is 0.118. The highest BCUT2D eigenvalue weighted by atomic mass is 79.9. The molecule has 0 aliphatic carbocycles. The molecule has 1 aromatic heterocycles. The summed E-state index contributed by atoms with van der Waals surface area (Å²) in [7, 11) is 0. The number of aromatic amines is 1. The molecule has 0 aliphatic heterocycles. The topological polar surface area (TPSA) is 53.1 Å². The maximum atomic E-state index is 11.2. The van der Waals surface area contributed by atoms with Crippen molar-refractivity contribution < 1.29 is 9.90 Å². The van der Waals surface area contributed by atoms with Gasteiger partial charge in [-0.25, -0.2) is 0 Å². The van der Waals surface area contributed by atoms with E-state index in [1.54, 1.807) is 0 Å². The van der Waals surface area contributed by atoms with E-state index in [9.17, 15) is 9.90 Å². The van der Waals surface area contributed by atoms with Gasteiger partial charge in [-0.1, -0.05) is 45.8 Å². The van der Waals surface area contributed by atoms with Gasteiger partial charge in [0.05, 0.1) is 12.1 Å². The fourth-order valence-electron chi connectivity index (χ4n) is 2.52. The van der Waals surface area contributed by atoms with Gasteiger partial charge < -0.3 is 10.1 Å². The number of benzene rings is 2. The molecule has 0 aliphatic rings. The molecular weight excluding hydrogens is 330 g/mol. The van der Waals surface area contributed by atoms with Gasteiger partial charge in [0.2, 0.25) is 0 Å². The Morgan fingerprint density at radius 3 is 2.57 bits per heavy atom. The first-order chi connectivity index (χ1) is 10.0. The minimum absolute atomic E-state index is 0.000334. The van der Waals surface area contributed by atoms with Crippen LogP contribution in [0.3, 0.4) is 0 Å². The van der Waals surface area contributed by atoms with Crippen molar-refractivity contribution in [3.8, 4) is 11.3 Å². The summed E-state index contributed by atoms with van der Waals surface area (Å²) in [4.78, 5) is 14.6. The van der Waals surface area contributed by atoms with E-state index in [4.69, 9.17) is 0 Å². The van der Waals surface area contributed by atoms with Crippen molar-refractivity contribution in [2.24, 2.45) is 0 Å². The molecule has 0 spiro atoms. The Morgan fingerprint density at radius 2 is 1.90 bits per heavy atom. The van der Waals surface area contributed by atoms with Gasteiger partial charge in [-0.15, -0.1) is 0 Å². The van der Waals surface area contributed by atoms with E-state index in [-0.39, 0.29) is 6.42 Å². The molecule has 3 nitrogen and oxygen atoms in total. The molecule has 21 heavy (non-hydrogen) atoms. The predicted molar refractivity (Wildman–Crippen MR) is 87.5 cm³/mol. The predicted octanol–water partition coefficient (Wildman–Crippen LogP) is 4.53. The summed E-state index contributed by atoms with van der Waals surface area (Å²) in [6.45, 7) is 2.03. The zero-order chi connectivity index (χ0) is 15.0. The van der Waals surface area contributed by atoms with Crippen LogP contribution in [0.2, 0.25) is 0 Å². The first-order valence-corrected chi connectivity index (χ1v) is 7.43. The Morgan fingerprint density at radius 1 is 1.19 bits per heavy atom. The molecule has 3 rings (SSSR count). The summed E-state index contributed by atoms with van der Waals surface area (Å²) in [5.74, 6) is -0.829. The van der Waals surface area contributed by atoms with Crippen molar-refractivity contribution in [2.45, 2.75) is 13.3 Å². The van der Waals surface area contributed by atoms with E-state index < -0.39 is 5.97 Å². The molecule has 0 atom stereocenters.